The fraction of sp³-hybridized carbons (Fsp3) is 0.667. The highest BCUT2D eigenvalue weighted by Gasteiger charge is 2.27. The van der Waals surface area contributed by atoms with E-state index in [0.717, 1.165) is 25.9 Å². The molecule has 0 saturated carbocycles. The summed E-state index contributed by atoms with van der Waals surface area (Å²) in [5.41, 5.74) is 0.391. The van der Waals surface area contributed by atoms with Gasteiger partial charge in [0.25, 0.3) is 5.91 Å². The van der Waals surface area contributed by atoms with Gasteiger partial charge in [-0.25, -0.2) is 0 Å². The van der Waals surface area contributed by atoms with Crippen molar-refractivity contribution >= 4 is 17.5 Å². The first-order chi connectivity index (χ1) is 8.13. The van der Waals surface area contributed by atoms with Gasteiger partial charge in [-0.15, -0.1) is 0 Å². The minimum absolute atomic E-state index is 0.0330. The summed E-state index contributed by atoms with van der Waals surface area (Å²) < 4.78 is 1.70. The van der Waals surface area contributed by atoms with E-state index < -0.39 is 0 Å². The highest BCUT2D eigenvalue weighted by atomic mass is 35.5. The van der Waals surface area contributed by atoms with Gasteiger partial charge in [0.1, 0.15) is 0 Å². The second kappa shape index (κ2) is 5.08. The second-order valence-electron chi connectivity index (χ2n) is 4.52. The summed E-state index contributed by atoms with van der Waals surface area (Å²) in [6.45, 7) is 5.60. The van der Waals surface area contributed by atoms with E-state index in [4.69, 9.17) is 11.6 Å². The average molecular weight is 256 g/mol. The van der Waals surface area contributed by atoms with Crippen molar-refractivity contribution in [1.29, 1.82) is 0 Å². The van der Waals surface area contributed by atoms with Gasteiger partial charge in [0.15, 0.2) is 5.69 Å². The van der Waals surface area contributed by atoms with E-state index in [9.17, 15) is 4.79 Å². The molecule has 0 bridgehead atoms. The lowest BCUT2D eigenvalue weighted by Gasteiger charge is -2.32. The summed E-state index contributed by atoms with van der Waals surface area (Å²) in [6.07, 6.45) is 5.05. The molecule has 4 nitrogen and oxygen atoms in total. The number of piperidine rings is 1. The Morgan fingerprint density at radius 3 is 2.94 bits per heavy atom. The van der Waals surface area contributed by atoms with E-state index in [-0.39, 0.29) is 5.91 Å². The van der Waals surface area contributed by atoms with Gasteiger partial charge >= 0.3 is 0 Å². The van der Waals surface area contributed by atoms with Crippen LogP contribution >= 0.6 is 11.6 Å². The van der Waals surface area contributed by atoms with Crippen LogP contribution in [0.3, 0.4) is 0 Å². The molecule has 1 aliphatic heterocycles. The molecule has 1 fully saturated rings. The third kappa shape index (κ3) is 2.46. The zero-order valence-electron chi connectivity index (χ0n) is 10.3. The van der Waals surface area contributed by atoms with Crippen molar-refractivity contribution < 1.29 is 4.79 Å². The number of likely N-dealkylation sites (tertiary alicyclic amines) is 1. The first-order valence-electron chi connectivity index (χ1n) is 6.17. The van der Waals surface area contributed by atoms with E-state index in [2.05, 4.69) is 12.0 Å². The van der Waals surface area contributed by atoms with Crippen LogP contribution in [-0.2, 0) is 6.54 Å². The summed E-state index contributed by atoms with van der Waals surface area (Å²) >= 11 is 6.05. The number of rotatable bonds is 2. The van der Waals surface area contributed by atoms with Crippen molar-refractivity contribution in [3.63, 3.8) is 0 Å². The number of aromatic nitrogens is 2. The topological polar surface area (TPSA) is 38.1 Å². The molecule has 2 rings (SSSR count). The standard InChI is InChI=1S/C12H18ClN3O/c1-3-15-8-10(13)11(14-15)12(17)16-7-5-4-6-9(16)2/h8-9H,3-7H2,1-2H3. The fourth-order valence-corrected chi connectivity index (χ4v) is 2.47. The average Bonchev–Trinajstić information content (AvgIpc) is 2.70. The maximum Gasteiger partial charge on any atom is 0.276 e. The molecule has 1 unspecified atom stereocenters. The predicted molar refractivity (Wildman–Crippen MR) is 67.3 cm³/mol. The molecule has 0 N–H and O–H groups in total. The lowest BCUT2D eigenvalue weighted by molar-refractivity contribution is 0.0629. The molecule has 1 saturated heterocycles. The van der Waals surface area contributed by atoms with E-state index >= 15 is 0 Å². The Morgan fingerprint density at radius 2 is 2.35 bits per heavy atom. The van der Waals surface area contributed by atoms with Crippen LogP contribution in [0.4, 0.5) is 0 Å². The largest absolute Gasteiger partial charge is 0.335 e. The molecule has 1 aromatic rings. The third-order valence-corrected chi connectivity index (χ3v) is 3.58. The van der Waals surface area contributed by atoms with Gasteiger partial charge in [0.05, 0.1) is 5.02 Å². The van der Waals surface area contributed by atoms with Gasteiger partial charge in [-0.3, -0.25) is 9.48 Å². The molecule has 5 heteroatoms. The van der Waals surface area contributed by atoms with Crippen LogP contribution < -0.4 is 0 Å². The van der Waals surface area contributed by atoms with Crippen LogP contribution in [0.1, 0.15) is 43.6 Å². The van der Waals surface area contributed by atoms with Crippen molar-refractivity contribution in [2.75, 3.05) is 6.54 Å². The first kappa shape index (κ1) is 12.4. The van der Waals surface area contributed by atoms with Gasteiger partial charge < -0.3 is 4.90 Å². The summed E-state index contributed by atoms with van der Waals surface area (Å²) in [5.74, 6) is -0.0330. The minimum Gasteiger partial charge on any atom is -0.335 e. The normalized spacial score (nSPS) is 20.6. The molecule has 0 radical (unpaired) electrons. The van der Waals surface area contributed by atoms with Crippen molar-refractivity contribution in [1.82, 2.24) is 14.7 Å². The Labute approximate surface area is 107 Å². The molecule has 0 aliphatic carbocycles. The van der Waals surface area contributed by atoms with Gasteiger partial charge in [0.2, 0.25) is 0 Å². The van der Waals surface area contributed by atoms with E-state index in [1.807, 2.05) is 11.8 Å². The number of amides is 1. The summed E-state index contributed by atoms with van der Waals surface area (Å²) in [5, 5.41) is 4.68. The van der Waals surface area contributed by atoms with Crippen molar-refractivity contribution in [3.05, 3.63) is 16.9 Å². The highest BCUT2D eigenvalue weighted by molar-refractivity contribution is 6.33. The van der Waals surface area contributed by atoms with Gasteiger partial charge in [0, 0.05) is 25.3 Å². The van der Waals surface area contributed by atoms with Gasteiger partial charge in [-0.2, -0.15) is 5.10 Å². The zero-order valence-corrected chi connectivity index (χ0v) is 11.1. The van der Waals surface area contributed by atoms with E-state index in [1.165, 1.54) is 6.42 Å². The fourth-order valence-electron chi connectivity index (χ4n) is 2.24. The molecule has 1 aromatic heterocycles. The molecule has 94 valence electrons. The van der Waals surface area contributed by atoms with E-state index in [1.54, 1.807) is 10.9 Å². The smallest absolute Gasteiger partial charge is 0.276 e. The molecule has 1 amide bonds. The quantitative estimate of drug-likeness (QED) is 0.815. The number of hydrogen-bond acceptors (Lipinski definition) is 2. The van der Waals surface area contributed by atoms with Crippen LogP contribution in [-0.4, -0.2) is 33.2 Å². The van der Waals surface area contributed by atoms with Gasteiger partial charge in [-0.05, 0) is 33.1 Å². The first-order valence-corrected chi connectivity index (χ1v) is 6.55. The lowest BCUT2D eigenvalue weighted by atomic mass is 10.0. The third-order valence-electron chi connectivity index (χ3n) is 3.31. The van der Waals surface area contributed by atoms with Crippen molar-refractivity contribution in [2.45, 2.75) is 45.7 Å². The molecule has 1 aliphatic rings. The number of halogens is 1. The predicted octanol–water partition coefficient (Wildman–Crippen LogP) is 2.57. The molecule has 0 aromatic carbocycles. The van der Waals surface area contributed by atoms with Crippen molar-refractivity contribution in [3.8, 4) is 0 Å². The molecule has 1 atom stereocenters. The van der Waals surface area contributed by atoms with Crippen LogP contribution in [0.2, 0.25) is 5.02 Å². The zero-order chi connectivity index (χ0) is 12.4. The van der Waals surface area contributed by atoms with E-state index in [0.29, 0.717) is 16.8 Å². The Bertz CT molecular complexity index is 416. The second-order valence-corrected chi connectivity index (χ2v) is 4.93. The molecule has 0 spiro atoms. The molecule has 17 heavy (non-hydrogen) atoms. The number of carbonyl (C=O) groups excluding carboxylic acids is 1. The summed E-state index contributed by atoms with van der Waals surface area (Å²) in [6, 6.07) is 0.291. The minimum atomic E-state index is -0.0330. The Hall–Kier alpha value is -1.03. The van der Waals surface area contributed by atoms with Crippen LogP contribution in [0.25, 0.3) is 0 Å². The number of aryl methyl sites for hydroxylation is 1. The number of hydrogen-bond donors (Lipinski definition) is 0. The Morgan fingerprint density at radius 1 is 1.59 bits per heavy atom. The van der Waals surface area contributed by atoms with Crippen LogP contribution in [0.5, 0.6) is 0 Å². The lowest BCUT2D eigenvalue weighted by Crippen LogP contribution is -2.42. The molecular formula is C12H18ClN3O. The summed E-state index contributed by atoms with van der Waals surface area (Å²) in [4.78, 5) is 14.2. The van der Waals surface area contributed by atoms with Crippen molar-refractivity contribution in [2.24, 2.45) is 0 Å². The van der Waals surface area contributed by atoms with Gasteiger partial charge in [-0.1, -0.05) is 11.6 Å². The maximum absolute atomic E-state index is 12.3. The van der Waals surface area contributed by atoms with Crippen LogP contribution in [0.15, 0.2) is 6.20 Å². The maximum atomic E-state index is 12.3. The molecule has 2 heterocycles. The summed E-state index contributed by atoms with van der Waals surface area (Å²) in [7, 11) is 0. The van der Waals surface area contributed by atoms with Crippen LogP contribution in [0, 0.1) is 0 Å². The Kier molecular flexibility index (Phi) is 3.72. The monoisotopic (exact) mass is 255 g/mol. The number of carbonyl (C=O) groups is 1. The molecular weight excluding hydrogens is 238 g/mol. The number of nitrogens with zero attached hydrogens (tertiary/aromatic N) is 3. The SMILES string of the molecule is CCn1cc(Cl)c(C(=O)N2CCCCC2C)n1. The Balaban J connectivity index is 2.20. The highest BCUT2D eigenvalue weighted by Crippen LogP contribution is 2.22.